The Balaban J connectivity index is 2.14. The van der Waals surface area contributed by atoms with E-state index >= 15 is 0 Å². The van der Waals surface area contributed by atoms with Crippen molar-refractivity contribution in [3.05, 3.63) is 30.5 Å². The SMILES string of the molecule is CCSc1cnc2ccc(OC(SC)C(=O)NC(C)(C)COC)cc2c1. The summed E-state index contributed by atoms with van der Waals surface area (Å²) in [7, 11) is 1.62. The van der Waals surface area contributed by atoms with Crippen LogP contribution in [0.3, 0.4) is 0 Å². The van der Waals surface area contributed by atoms with Crippen molar-refractivity contribution in [2.24, 2.45) is 0 Å². The van der Waals surface area contributed by atoms with Crippen LogP contribution in [0.15, 0.2) is 35.4 Å². The highest BCUT2D eigenvalue weighted by molar-refractivity contribution is 7.99. The van der Waals surface area contributed by atoms with Gasteiger partial charge in [0.15, 0.2) is 0 Å². The van der Waals surface area contributed by atoms with Gasteiger partial charge in [0.2, 0.25) is 5.44 Å². The third-order valence-electron chi connectivity index (χ3n) is 3.58. The number of methoxy groups -OCH3 is 1. The van der Waals surface area contributed by atoms with Crippen LogP contribution in [0, 0.1) is 0 Å². The molecule has 0 radical (unpaired) electrons. The molecular weight excluding hydrogens is 368 g/mol. The van der Waals surface area contributed by atoms with Crippen LogP contribution in [0.4, 0.5) is 0 Å². The Kier molecular flexibility index (Phi) is 7.61. The normalized spacial score (nSPS) is 12.8. The molecule has 0 spiro atoms. The number of nitrogens with one attached hydrogen (secondary N) is 1. The van der Waals surface area contributed by atoms with Crippen molar-refractivity contribution in [3.8, 4) is 5.75 Å². The van der Waals surface area contributed by atoms with Crippen molar-refractivity contribution >= 4 is 40.3 Å². The summed E-state index contributed by atoms with van der Waals surface area (Å²) in [6.45, 7) is 6.38. The maximum atomic E-state index is 12.5. The van der Waals surface area contributed by atoms with Gasteiger partial charge in [-0.25, -0.2) is 0 Å². The van der Waals surface area contributed by atoms with Gasteiger partial charge in [0.25, 0.3) is 5.91 Å². The van der Waals surface area contributed by atoms with Crippen LogP contribution >= 0.6 is 23.5 Å². The second kappa shape index (κ2) is 9.48. The standard InChI is InChI=1S/C19H26N2O3S2/c1-6-26-15-10-13-9-14(7-8-16(13)20-11-15)24-18(25-5)17(22)21-19(2,3)12-23-4/h7-11,18H,6,12H2,1-5H3,(H,21,22). The lowest BCUT2D eigenvalue weighted by Crippen LogP contribution is -2.50. The Bertz CT molecular complexity index is 753. The second-order valence-corrected chi connectivity index (χ2v) is 8.69. The Labute approximate surface area is 163 Å². The lowest BCUT2D eigenvalue weighted by Gasteiger charge is -2.27. The number of benzene rings is 1. The number of carbonyl (C=O) groups excluding carboxylic acids is 1. The number of carbonyl (C=O) groups is 1. The number of ether oxygens (including phenoxy) is 2. The van der Waals surface area contributed by atoms with E-state index in [1.807, 2.05) is 44.5 Å². The smallest absolute Gasteiger partial charge is 0.272 e. The van der Waals surface area contributed by atoms with E-state index in [9.17, 15) is 4.79 Å². The lowest BCUT2D eigenvalue weighted by atomic mass is 10.1. The molecule has 0 aliphatic heterocycles. The summed E-state index contributed by atoms with van der Waals surface area (Å²) < 4.78 is 11.1. The van der Waals surface area contributed by atoms with E-state index in [1.54, 1.807) is 18.9 Å². The van der Waals surface area contributed by atoms with E-state index in [4.69, 9.17) is 9.47 Å². The molecule has 26 heavy (non-hydrogen) atoms. The van der Waals surface area contributed by atoms with E-state index in [-0.39, 0.29) is 5.91 Å². The van der Waals surface area contributed by atoms with Gasteiger partial charge >= 0.3 is 0 Å². The second-order valence-electron chi connectivity index (χ2n) is 6.45. The number of thioether (sulfide) groups is 2. The molecule has 0 fully saturated rings. The van der Waals surface area contributed by atoms with Gasteiger partial charge in [-0.15, -0.1) is 23.5 Å². The molecule has 1 unspecified atom stereocenters. The average Bonchev–Trinajstić information content (AvgIpc) is 2.59. The molecule has 2 aromatic rings. The Hall–Kier alpha value is -1.44. The van der Waals surface area contributed by atoms with Gasteiger partial charge in [-0.05, 0) is 50.1 Å². The molecule has 0 saturated carbocycles. The van der Waals surface area contributed by atoms with Crippen molar-refractivity contribution in [2.45, 2.75) is 36.6 Å². The van der Waals surface area contributed by atoms with Crippen LogP contribution in [-0.4, -0.2) is 47.6 Å². The fraction of sp³-hybridized carbons (Fsp3) is 0.474. The largest absolute Gasteiger partial charge is 0.470 e. The fourth-order valence-corrected chi connectivity index (χ4v) is 3.68. The van der Waals surface area contributed by atoms with Crippen LogP contribution in [0.1, 0.15) is 20.8 Å². The van der Waals surface area contributed by atoms with Crippen LogP contribution in [0.5, 0.6) is 5.75 Å². The van der Waals surface area contributed by atoms with Crippen molar-refractivity contribution < 1.29 is 14.3 Å². The third-order valence-corrected chi connectivity index (χ3v) is 5.16. The number of pyridine rings is 1. The Morgan fingerprint density at radius 1 is 1.35 bits per heavy atom. The van der Waals surface area contributed by atoms with Crippen LogP contribution in [0.25, 0.3) is 10.9 Å². The zero-order valence-electron chi connectivity index (χ0n) is 15.9. The highest BCUT2D eigenvalue weighted by Gasteiger charge is 2.26. The first-order valence-corrected chi connectivity index (χ1v) is 10.7. The number of fused-ring (bicyclic) bond motifs is 1. The number of nitrogens with zero attached hydrogens (tertiary/aromatic N) is 1. The summed E-state index contributed by atoms with van der Waals surface area (Å²) in [5.41, 5.74) is -0.183. The zero-order chi connectivity index (χ0) is 19.2. The highest BCUT2D eigenvalue weighted by atomic mass is 32.2. The molecule has 1 amide bonds. The van der Waals surface area contributed by atoms with E-state index < -0.39 is 11.0 Å². The summed E-state index contributed by atoms with van der Waals surface area (Å²) in [4.78, 5) is 18.1. The van der Waals surface area contributed by atoms with E-state index in [0.717, 1.165) is 21.6 Å². The maximum absolute atomic E-state index is 12.5. The molecule has 1 N–H and O–H groups in total. The molecule has 1 atom stereocenters. The minimum absolute atomic E-state index is 0.173. The number of hydrogen-bond acceptors (Lipinski definition) is 6. The zero-order valence-corrected chi connectivity index (χ0v) is 17.5. The summed E-state index contributed by atoms with van der Waals surface area (Å²) in [5.74, 6) is 1.47. The Morgan fingerprint density at radius 3 is 2.77 bits per heavy atom. The van der Waals surface area contributed by atoms with Gasteiger partial charge in [0.05, 0.1) is 17.7 Å². The minimum atomic E-state index is -0.635. The summed E-state index contributed by atoms with van der Waals surface area (Å²) in [5, 5.41) is 3.97. The van der Waals surface area contributed by atoms with Crippen molar-refractivity contribution in [1.29, 1.82) is 0 Å². The summed E-state index contributed by atoms with van der Waals surface area (Å²) in [6.07, 6.45) is 3.74. The first-order valence-electron chi connectivity index (χ1n) is 8.41. The molecule has 1 heterocycles. The average molecular weight is 395 g/mol. The molecule has 0 saturated heterocycles. The maximum Gasteiger partial charge on any atom is 0.272 e. The van der Waals surface area contributed by atoms with E-state index in [0.29, 0.717) is 12.4 Å². The van der Waals surface area contributed by atoms with Crippen molar-refractivity contribution in [2.75, 3.05) is 25.7 Å². The molecule has 1 aromatic carbocycles. The molecule has 0 bridgehead atoms. The third kappa shape index (κ3) is 5.79. The van der Waals surface area contributed by atoms with Crippen LogP contribution in [-0.2, 0) is 9.53 Å². The highest BCUT2D eigenvalue weighted by Crippen LogP contribution is 2.26. The summed E-state index contributed by atoms with van der Waals surface area (Å²) in [6, 6.07) is 7.78. The Morgan fingerprint density at radius 2 is 2.12 bits per heavy atom. The van der Waals surface area contributed by atoms with Gasteiger partial charge in [-0.1, -0.05) is 6.92 Å². The van der Waals surface area contributed by atoms with Gasteiger partial charge < -0.3 is 14.8 Å². The van der Waals surface area contributed by atoms with Gasteiger partial charge in [-0.3, -0.25) is 9.78 Å². The molecule has 1 aromatic heterocycles. The molecular formula is C19H26N2O3S2. The molecule has 7 heteroatoms. The first kappa shape index (κ1) is 20.9. The molecule has 0 aliphatic carbocycles. The van der Waals surface area contributed by atoms with Gasteiger partial charge in [0.1, 0.15) is 5.75 Å². The minimum Gasteiger partial charge on any atom is -0.470 e. The predicted octanol–water partition coefficient (Wildman–Crippen LogP) is 3.96. The monoisotopic (exact) mass is 394 g/mol. The predicted molar refractivity (Wildman–Crippen MR) is 110 cm³/mol. The fourth-order valence-electron chi connectivity index (χ4n) is 2.53. The number of rotatable bonds is 9. The number of hydrogen-bond donors (Lipinski definition) is 1. The summed E-state index contributed by atoms with van der Waals surface area (Å²) >= 11 is 3.10. The molecule has 2 rings (SSSR count). The van der Waals surface area contributed by atoms with E-state index in [2.05, 4.69) is 23.3 Å². The van der Waals surface area contributed by atoms with Crippen molar-refractivity contribution in [3.63, 3.8) is 0 Å². The van der Waals surface area contributed by atoms with Gasteiger partial charge in [0, 0.05) is 23.6 Å². The van der Waals surface area contributed by atoms with E-state index in [1.165, 1.54) is 11.8 Å². The topological polar surface area (TPSA) is 60.5 Å². The molecule has 142 valence electrons. The number of aromatic nitrogens is 1. The van der Waals surface area contributed by atoms with Crippen molar-refractivity contribution in [1.82, 2.24) is 10.3 Å². The van der Waals surface area contributed by atoms with Crippen LogP contribution < -0.4 is 10.1 Å². The molecule has 5 nitrogen and oxygen atoms in total. The van der Waals surface area contributed by atoms with Crippen LogP contribution in [0.2, 0.25) is 0 Å². The molecule has 0 aliphatic rings. The quantitative estimate of drug-likeness (QED) is 0.513. The lowest BCUT2D eigenvalue weighted by molar-refractivity contribution is -0.126. The van der Waals surface area contributed by atoms with Gasteiger partial charge in [-0.2, -0.15) is 0 Å². The first-order chi connectivity index (χ1) is 12.4. The number of amides is 1.